The van der Waals surface area contributed by atoms with Gasteiger partial charge in [0.1, 0.15) is 5.75 Å². The first-order valence-electron chi connectivity index (χ1n) is 9.07. The predicted molar refractivity (Wildman–Crippen MR) is 131 cm³/mol. The molecule has 3 rings (SSSR count). The first-order valence-corrected chi connectivity index (χ1v) is 12.3. The van der Waals surface area contributed by atoms with Gasteiger partial charge in [-0.1, -0.05) is 34.5 Å². The van der Waals surface area contributed by atoms with Crippen LogP contribution in [0.5, 0.6) is 0 Å². The van der Waals surface area contributed by atoms with E-state index in [4.69, 9.17) is 23.2 Å². The number of likely N-dealkylation sites (N-methyl/N-ethyl adjacent to an activating group) is 1. The normalized spacial score (nSPS) is 11.5. The molecule has 0 unspecified atom stereocenters. The number of aromatic nitrogens is 1. The summed E-state index contributed by atoms with van der Waals surface area (Å²) in [6.45, 7) is 2.77. The van der Waals surface area contributed by atoms with Crippen molar-refractivity contribution in [1.29, 1.82) is 0 Å². The largest absolute Gasteiger partial charge is 0.308 e. The van der Waals surface area contributed by atoms with Gasteiger partial charge < -0.3 is 4.90 Å². The molecule has 0 saturated heterocycles. The number of carbonyl (C=O) groups excluding carboxylic acids is 1. The summed E-state index contributed by atoms with van der Waals surface area (Å²) >= 11 is 13.3. The van der Waals surface area contributed by atoms with E-state index in [-0.39, 0.29) is 17.3 Å². The van der Waals surface area contributed by atoms with Crippen LogP contribution in [-0.4, -0.2) is 57.1 Å². The van der Waals surface area contributed by atoms with Crippen LogP contribution in [0.25, 0.3) is 10.2 Å². The summed E-state index contributed by atoms with van der Waals surface area (Å²) in [5, 5.41) is 1.47. The van der Waals surface area contributed by atoms with Crippen LogP contribution in [-0.2, 0) is 14.6 Å². The maximum absolute atomic E-state index is 13.1. The molecule has 0 radical (unpaired) electrons. The molecule has 0 bridgehead atoms. The minimum Gasteiger partial charge on any atom is -0.308 e. The van der Waals surface area contributed by atoms with Gasteiger partial charge in [0.2, 0.25) is 5.91 Å². The Kier molecular flexibility index (Phi) is 8.72. The van der Waals surface area contributed by atoms with Gasteiger partial charge in [-0.25, -0.2) is 13.4 Å². The molecule has 0 aliphatic rings. The highest BCUT2D eigenvalue weighted by molar-refractivity contribution is 7.92. The molecule has 168 valence electrons. The molecule has 1 heterocycles. The van der Waals surface area contributed by atoms with E-state index in [1.165, 1.54) is 40.5 Å². The molecule has 1 aromatic heterocycles. The van der Waals surface area contributed by atoms with Gasteiger partial charge in [-0.05, 0) is 63.0 Å². The minimum absolute atomic E-state index is 0. The van der Waals surface area contributed by atoms with E-state index in [1.807, 2.05) is 32.0 Å². The van der Waals surface area contributed by atoms with Gasteiger partial charge >= 0.3 is 0 Å². The first-order chi connectivity index (χ1) is 14.1. The summed E-state index contributed by atoms with van der Waals surface area (Å²) < 4.78 is 26.4. The van der Waals surface area contributed by atoms with E-state index in [9.17, 15) is 13.2 Å². The molecule has 0 spiro atoms. The van der Waals surface area contributed by atoms with Gasteiger partial charge in [-0.15, -0.1) is 12.4 Å². The number of hydrogen-bond acceptors (Lipinski definition) is 6. The van der Waals surface area contributed by atoms with Crippen LogP contribution in [0.1, 0.15) is 5.56 Å². The number of anilines is 1. The number of halogens is 3. The zero-order valence-electron chi connectivity index (χ0n) is 17.1. The van der Waals surface area contributed by atoms with Crippen LogP contribution in [0.4, 0.5) is 5.13 Å². The van der Waals surface area contributed by atoms with E-state index in [2.05, 4.69) is 4.98 Å². The van der Waals surface area contributed by atoms with Gasteiger partial charge in [0.15, 0.2) is 15.0 Å². The molecule has 0 aliphatic carbocycles. The number of fused-ring (bicyclic) bond motifs is 1. The average molecular weight is 523 g/mol. The Morgan fingerprint density at radius 1 is 1.06 bits per heavy atom. The van der Waals surface area contributed by atoms with E-state index in [1.54, 1.807) is 6.07 Å². The van der Waals surface area contributed by atoms with Gasteiger partial charge in [0.25, 0.3) is 0 Å². The monoisotopic (exact) mass is 521 g/mol. The fourth-order valence-corrected chi connectivity index (χ4v) is 5.64. The van der Waals surface area contributed by atoms with Crippen molar-refractivity contribution in [2.75, 3.05) is 37.8 Å². The molecule has 0 aliphatic heterocycles. The van der Waals surface area contributed by atoms with Crippen molar-refractivity contribution in [1.82, 2.24) is 9.88 Å². The lowest BCUT2D eigenvalue weighted by atomic mass is 10.2. The Hall–Kier alpha value is -1.42. The van der Waals surface area contributed by atoms with Crippen molar-refractivity contribution in [3.05, 3.63) is 52.0 Å². The van der Waals surface area contributed by atoms with Crippen LogP contribution in [0.3, 0.4) is 0 Å². The standard InChI is InChI=1S/C20H21Cl2N3O3S2.ClH/c1-13-10-15(22)11-17-19(13)23-20(29-17)25(9-8-24(2)3)18(26)12-30(27,28)16-6-4-14(21)5-7-16;/h4-7,10-11H,8-9,12H2,1-3H3;1H. The lowest BCUT2D eigenvalue weighted by Gasteiger charge is -2.22. The number of aryl methyl sites for hydroxylation is 1. The first kappa shape index (κ1) is 25.8. The highest BCUT2D eigenvalue weighted by Gasteiger charge is 2.27. The molecule has 0 fully saturated rings. The molecule has 0 saturated carbocycles. The van der Waals surface area contributed by atoms with Crippen molar-refractivity contribution in [2.45, 2.75) is 11.8 Å². The third-order valence-electron chi connectivity index (χ3n) is 4.43. The predicted octanol–water partition coefficient (Wildman–Crippen LogP) is 4.70. The number of benzene rings is 2. The van der Waals surface area contributed by atoms with Crippen LogP contribution in [0.2, 0.25) is 10.0 Å². The molecule has 1 amide bonds. The Morgan fingerprint density at radius 3 is 2.32 bits per heavy atom. The summed E-state index contributed by atoms with van der Waals surface area (Å²) in [6.07, 6.45) is 0. The zero-order chi connectivity index (χ0) is 22.1. The van der Waals surface area contributed by atoms with E-state index in [0.29, 0.717) is 28.3 Å². The van der Waals surface area contributed by atoms with Crippen LogP contribution < -0.4 is 4.90 Å². The molecule has 0 atom stereocenters. The topological polar surface area (TPSA) is 70.6 Å². The van der Waals surface area contributed by atoms with Crippen LogP contribution in [0, 0.1) is 6.92 Å². The van der Waals surface area contributed by atoms with Gasteiger partial charge in [-0.3, -0.25) is 9.69 Å². The fraction of sp³-hybridized carbons (Fsp3) is 0.300. The number of rotatable bonds is 7. The second-order valence-corrected chi connectivity index (χ2v) is 11.0. The lowest BCUT2D eigenvalue weighted by Crippen LogP contribution is -2.40. The molecule has 2 aromatic carbocycles. The zero-order valence-corrected chi connectivity index (χ0v) is 21.1. The van der Waals surface area contributed by atoms with Gasteiger partial charge in [-0.2, -0.15) is 0 Å². The van der Waals surface area contributed by atoms with Crippen molar-refractivity contribution in [2.24, 2.45) is 0 Å². The Morgan fingerprint density at radius 2 is 1.71 bits per heavy atom. The second-order valence-electron chi connectivity index (χ2n) is 7.13. The summed E-state index contributed by atoms with van der Waals surface area (Å²) in [7, 11) is -0.0519. The Labute approximate surface area is 202 Å². The SMILES string of the molecule is Cc1cc(Cl)cc2sc(N(CCN(C)C)C(=O)CS(=O)(=O)c3ccc(Cl)cc3)nc12.Cl. The second kappa shape index (κ2) is 10.5. The molecular weight excluding hydrogens is 501 g/mol. The number of carbonyl (C=O) groups is 1. The highest BCUT2D eigenvalue weighted by atomic mass is 35.5. The summed E-state index contributed by atoms with van der Waals surface area (Å²) in [4.78, 5) is 21.1. The Balaban J connectivity index is 0.00000341. The maximum atomic E-state index is 13.1. The van der Waals surface area contributed by atoms with E-state index < -0.39 is 21.5 Å². The van der Waals surface area contributed by atoms with Crippen molar-refractivity contribution < 1.29 is 13.2 Å². The molecular formula is C20H22Cl3N3O3S2. The molecule has 0 N–H and O–H groups in total. The van der Waals surface area contributed by atoms with Crippen molar-refractivity contribution in [3.63, 3.8) is 0 Å². The number of thiazole rings is 1. The van der Waals surface area contributed by atoms with Gasteiger partial charge in [0, 0.05) is 23.1 Å². The van der Waals surface area contributed by atoms with Crippen molar-refractivity contribution in [3.8, 4) is 0 Å². The number of sulfone groups is 1. The number of amides is 1. The van der Waals surface area contributed by atoms with Crippen LogP contribution >= 0.6 is 46.9 Å². The van der Waals surface area contributed by atoms with E-state index >= 15 is 0 Å². The quantitative estimate of drug-likeness (QED) is 0.450. The molecule has 6 nitrogen and oxygen atoms in total. The molecule has 11 heteroatoms. The number of hydrogen-bond donors (Lipinski definition) is 0. The fourth-order valence-electron chi connectivity index (χ4n) is 2.85. The lowest BCUT2D eigenvalue weighted by molar-refractivity contribution is -0.116. The molecule has 3 aromatic rings. The third-order valence-corrected chi connectivity index (χ3v) is 7.54. The number of nitrogens with zero attached hydrogens (tertiary/aromatic N) is 3. The Bertz CT molecular complexity index is 1180. The maximum Gasteiger partial charge on any atom is 0.244 e. The highest BCUT2D eigenvalue weighted by Crippen LogP contribution is 2.33. The summed E-state index contributed by atoms with van der Waals surface area (Å²) in [5.74, 6) is -1.19. The average Bonchev–Trinajstić information content (AvgIpc) is 3.05. The third kappa shape index (κ3) is 6.31. The van der Waals surface area contributed by atoms with Gasteiger partial charge in [0.05, 0.1) is 15.1 Å². The summed E-state index contributed by atoms with van der Waals surface area (Å²) in [6, 6.07) is 9.39. The minimum atomic E-state index is -3.82. The smallest absolute Gasteiger partial charge is 0.244 e. The van der Waals surface area contributed by atoms with Crippen LogP contribution in [0.15, 0.2) is 41.3 Å². The molecule has 31 heavy (non-hydrogen) atoms. The summed E-state index contributed by atoms with van der Waals surface area (Å²) in [5.41, 5.74) is 1.65. The van der Waals surface area contributed by atoms with Crippen molar-refractivity contribution >= 4 is 78.0 Å². The van der Waals surface area contributed by atoms with E-state index in [0.717, 1.165) is 15.8 Å².